The lowest BCUT2D eigenvalue weighted by atomic mass is 10.7. The molecule has 0 aromatic carbocycles. The van der Waals surface area contributed by atoms with Crippen molar-refractivity contribution in [1.29, 1.82) is 0 Å². The van der Waals surface area contributed by atoms with E-state index in [9.17, 15) is 8.42 Å². The normalized spacial score (nSPS) is 11.8. The van der Waals surface area contributed by atoms with Gasteiger partial charge in [0.15, 0.2) is 5.82 Å². The van der Waals surface area contributed by atoms with Crippen molar-refractivity contribution < 1.29 is 8.42 Å². The van der Waals surface area contributed by atoms with Gasteiger partial charge in [0.25, 0.3) is 0 Å². The van der Waals surface area contributed by atoms with Gasteiger partial charge in [-0.15, -0.1) is 0 Å². The molecule has 1 aromatic heterocycles. The predicted molar refractivity (Wildman–Crippen MR) is 39.6 cm³/mol. The van der Waals surface area contributed by atoms with E-state index < -0.39 is 9.05 Å². The van der Waals surface area contributed by atoms with Gasteiger partial charge in [0.1, 0.15) is 11.6 Å². The van der Waals surface area contributed by atoms with E-state index >= 15 is 0 Å². The summed E-state index contributed by atoms with van der Waals surface area (Å²) in [5.41, 5.74) is 0. The van der Waals surface area contributed by atoms with Crippen molar-refractivity contribution in [2.24, 2.45) is 0 Å². The zero-order chi connectivity index (χ0) is 8.48. The van der Waals surface area contributed by atoms with E-state index in [0.29, 0.717) is 5.82 Å². The largest absolute Gasteiger partial charge is 0.263 e. The van der Waals surface area contributed by atoms with Crippen LogP contribution in [0, 0.1) is 6.92 Å². The number of aromatic nitrogens is 3. The molecule has 0 aliphatic carbocycles. The lowest BCUT2D eigenvalue weighted by molar-refractivity contribution is 0.607. The Hall–Kier alpha value is -0.620. The van der Waals surface area contributed by atoms with Crippen molar-refractivity contribution >= 4 is 19.7 Å². The Kier molecular flexibility index (Phi) is 2.15. The van der Waals surface area contributed by atoms with Gasteiger partial charge in [0.05, 0.1) is 0 Å². The molecule has 0 amide bonds. The van der Waals surface area contributed by atoms with Crippen molar-refractivity contribution in [2.45, 2.75) is 12.7 Å². The van der Waals surface area contributed by atoms with E-state index in [4.69, 9.17) is 10.7 Å². The number of hydrogen-bond donors (Lipinski definition) is 1. The number of H-pyrrole nitrogens is 1. The van der Waals surface area contributed by atoms with Crippen molar-refractivity contribution in [3.05, 3.63) is 11.6 Å². The van der Waals surface area contributed by atoms with E-state index in [1.54, 1.807) is 6.92 Å². The zero-order valence-corrected chi connectivity index (χ0v) is 7.28. The third-order valence-electron chi connectivity index (χ3n) is 0.945. The minimum Gasteiger partial charge on any atom is -0.263 e. The molecule has 0 saturated carbocycles. The summed E-state index contributed by atoms with van der Waals surface area (Å²) in [6.07, 6.45) is 0. The number of hydrogen-bond acceptors (Lipinski definition) is 4. The molecule has 0 radical (unpaired) electrons. The summed E-state index contributed by atoms with van der Waals surface area (Å²) in [6.45, 7) is 1.68. The lowest BCUT2D eigenvalue weighted by Crippen LogP contribution is -1.96. The highest BCUT2D eigenvalue weighted by Crippen LogP contribution is 2.03. The maximum Gasteiger partial charge on any atom is 0.239 e. The standard InChI is InChI=1S/C4H6ClN3O2S/c1-3-6-4(8-7-3)2-11(5,9)10/h2H2,1H3,(H,6,7,8). The molecule has 0 atom stereocenters. The molecule has 7 heteroatoms. The second kappa shape index (κ2) is 2.78. The van der Waals surface area contributed by atoms with Crippen molar-refractivity contribution in [3.8, 4) is 0 Å². The lowest BCUT2D eigenvalue weighted by Gasteiger charge is -1.86. The molecular weight excluding hydrogens is 190 g/mol. The van der Waals surface area contributed by atoms with Gasteiger partial charge in [-0.1, -0.05) is 0 Å². The number of halogens is 1. The van der Waals surface area contributed by atoms with Crippen molar-refractivity contribution in [3.63, 3.8) is 0 Å². The van der Waals surface area contributed by atoms with Gasteiger partial charge < -0.3 is 0 Å². The number of rotatable bonds is 2. The van der Waals surface area contributed by atoms with E-state index in [1.165, 1.54) is 0 Å². The van der Waals surface area contributed by atoms with Gasteiger partial charge in [-0.25, -0.2) is 13.4 Å². The van der Waals surface area contributed by atoms with E-state index in [0.717, 1.165) is 0 Å². The first kappa shape index (κ1) is 8.48. The summed E-state index contributed by atoms with van der Waals surface area (Å²) in [5, 5.41) is 6.11. The van der Waals surface area contributed by atoms with Crippen LogP contribution in [0.3, 0.4) is 0 Å². The minimum absolute atomic E-state index is 0.192. The topological polar surface area (TPSA) is 75.7 Å². The molecular formula is C4H6ClN3O2S. The summed E-state index contributed by atoms with van der Waals surface area (Å²) >= 11 is 0. The molecule has 0 bridgehead atoms. The zero-order valence-electron chi connectivity index (χ0n) is 5.70. The van der Waals surface area contributed by atoms with Crippen LogP contribution in [-0.2, 0) is 14.8 Å². The number of aryl methyl sites for hydroxylation is 1. The molecule has 1 aromatic rings. The summed E-state index contributed by atoms with van der Waals surface area (Å²) in [7, 11) is 1.42. The van der Waals surface area contributed by atoms with Crippen LogP contribution in [0.5, 0.6) is 0 Å². The first-order valence-electron chi connectivity index (χ1n) is 2.77. The smallest absolute Gasteiger partial charge is 0.239 e. The highest BCUT2D eigenvalue weighted by Gasteiger charge is 2.10. The van der Waals surface area contributed by atoms with Gasteiger partial charge in [0, 0.05) is 10.7 Å². The highest BCUT2D eigenvalue weighted by atomic mass is 35.7. The van der Waals surface area contributed by atoms with Gasteiger partial charge in [-0.3, -0.25) is 5.10 Å². The van der Waals surface area contributed by atoms with Crippen LogP contribution in [-0.4, -0.2) is 23.6 Å². The fraction of sp³-hybridized carbons (Fsp3) is 0.500. The second-order valence-corrected chi connectivity index (χ2v) is 4.80. The summed E-state index contributed by atoms with van der Waals surface area (Å²) in [6, 6.07) is 0. The molecule has 0 spiro atoms. The fourth-order valence-electron chi connectivity index (χ4n) is 0.608. The minimum atomic E-state index is -3.54. The van der Waals surface area contributed by atoms with Gasteiger partial charge in [0.2, 0.25) is 9.05 Å². The summed E-state index contributed by atoms with van der Waals surface area (Å²) < 4.78 is 21.0. The Morgan fingerprint density at radius 1 is 1.64 bits per heavy atom. The Balaban J connectivity index is 2.81. The average molecular weight is 196 g/mol. The van der Waals surface area contributed by atoms with Crippen LogP contribution >= 0.6 is 10.7 Å². The Morgan fingerprint density at radius 3 is 2.64 bits per heavy atom. The number of nitrogens with one attached hydrogen (secondary N) is 1. The van der Waals surface area contributed by atoms with Crippen LogP contribution in [0.1, 0.15) is 11.6 Å². The Bertz CT molecular complexity index is 344. The molecule has 0 fully saturated rings. The van der Waals surface area contributed by atoms with Crippen LogP contribution < -0.4 is 0 Å². The molecule has 0 aliphatic rings. The molecule has 0 unspecified atom stereocenters. The maximum atomic E-state index is 10.5. The van der Waals surface area contributed by atoms with Gasteiger partial charge >= 0.3 is 0 Å². The van der Waals surface area contributed by atoms with E-state index in [1.807, 2.05) is 0 Å². The van der Waals surface area contributed by atoms with E-state index in [-0.39, 0.29) is 11.6 Å². The first-order valence-corrected chi connectivity index (χ1v) is 5.25. The third-order valence-corrected chi connectivity index (χ3v) is 1.88. The average Bonchev–Trinajstić information content (AvgIpc) is 2.10. The quantitative estimate of drug-likeness (QED) is 0.684. The van der Waals surface area contributed by atoms with Gasteiger partial charge in [-0.2, -0.15) is 5.10 Å². The SMILES string of the molecule is Cc1nc(CS(=O)(=O)Cl)n[nH]1. The summed E-state index contributed by atoms with van der Waals surface area (Å²) in [4.78, 5) is 3.77. The Morgan fingerprint density at radius 2 is 2.27 bits per heavy atom. The van der Waals surface area contributed by atoms with Crippen molar-refractivity contribution in [2.75, 3.05) is 0 Å². The molecule has 0 saturated heterocycles. The van der Waals surface area contributed by atoms with Crippen molar-refractivity contribution in [1.82, 2.24) is 15.2 Å². The predicted octanol–water partition coefficient (Wildman–Crippen LogP) is 0.182. The third kappa shape index (κ3) is 2.85. The highest BCUT2D eigenvalue weighted by molar-refractivity contribution is 8.13. The monoisotopic (exact) mass is 195 g/mol. The van der Waals surface area contributed by atoms with E-state index in [2.05, 4.69) is 15.2 Å². The molecule has 62 valence electrons. The Labute approximate surface area is 68.2 Å². The molecule has 1 N–H and O–H groups in total. The molecule has 5 nitrogen and oxygen atoms in total. The molecule has 0 aliphatic heterocycles. The molecule has 11 heavy (non-hydrogen) atoms. The van der Waals surface area contributed by atoms with Crippen LogP contribution in [0.4, 0.5) is 0 Å². The second-order valence-electron chi connectivity index (χ2n) is 2.02. The maximum absolute atomic E-state index is 10.5. The first-order chi connectivity index (χ1) is 4.97. The fourth-order valence-corrected chi connectivity index (χ4v) is 1.34. The molecule has 1 heterocycles. The van der Waals surface area contributed by atoms with Crippen LogP contribution in [0.15, 0.2) is 0 Å². The molecule has 1 rings (SSSR count). The number of nitrogens with zero attached hydrogens (tertiary/aromatic N) is 2. The van der Waals surface area contributed by atoms with Crippen LogP contribution in [0.25, 0.3) is 0 Å². The summed E-state index contributed by atoms with van der Waals surface area (Å²) in [5.74, 6) is 0.427. The number of aromatic amines is 1. The van der Waals surface area contributed by atoms with Gasteiger partial charge in [-0.05, 0) is 6.92 Å². The van der Waals surface area contributed by atoms with Crippen LogP contribution in [0.2, 0.25) is 0 Å².